The van der Waals surface area contributed by atoms with Crippen LogP contribution in [0.2, 0.25) is 0 Å². The van der Waals surface area contributed by atoms with E-state index < -0.39 is 0 Å². The van der Waals surface area contributed by atoms with Crippen LogP contribution in [-0.4, -0.2) is 36.0 Å². The third-order valence-corrected chi connectivity index (χ3v) is 4.41. The molecule has 0 saturated heterocycles. The second-order valence-electron chi connectivity index (χ2n) is 6.23. The Balaban J connectivity index is 1.79. The minimum atomic E-state index is 0.290. The molecule has 0 aromatic carbocycles. The Hall–Kier alpha value is -0.570. The first-order valence-electron chi connectivity index (χ1n) is 7.07. The van der Waals surface area contributed by atoms with Gasteiger partial charge >= 0.3 is 0 Å². The van der Waals surface area contributed by atoms with Crippen molar-refractivity contribution in [3.63, 3.8) is 0 Å². The van der Waals surface area contributed by atoms with Crippen molar-refractivity contribution in [1.82, 2.24) is 10.2 Å². The smallest absolute Gasteiger partial charge is 0.236 e. The lowest BCUT2D eigenvalue weighted by Gasteiger charge is -2.29. The summed E-state index contributed by atoms with van der Waals surface area (Å²) in [6.45, 7) is 8.08. The van der Waals surface area contributed by atoms with E-state index in [4.69, 9.17) is 0 Å². The maximum atomic E-state index is 12.1. The number of nitrogens with zero attached hydrogens (tertiary/aromatic N) is 1. The predicted molar refractivity (Wildman–Crippen MR) is 69.8 cm³/mol. The lowest BCUT2D eigenvalue weighted by molar-refractivity contribution is -0.130. The molecule has 3 nitrogen and oxygen atoms in total. The van der Waals surface area contributed by atoms with Crippen LogP contribution in [0.25, 0.3) is 0 Å². The Labute approximate surface area is 105 Å². The maximum absolute atomic E-state index is 12.1. The van der Waals surface area contributed by atoms with Crippen molar-refractivity contribution in [1.29, 1.82) is 0 Å². The van der Waals surface area contributed by atoms with Gasteiger partial charge in [-0.05, 0) is 38.0 Å². The lowest BCUT2D eigenvalue weighted by atomic mass is 9.87. The van der Waals surface area contributed by atoms with E-state index in [2.05, 4.69) is 26.1 Å². The first-order valence-corrected chi connectivity index (χ1v) is 7.07. The summed E-state index contributed by atoms with van der Waals surface area (Å²) in [5.74, 6) is 0.290. The fourth-order valence-electron chi connectivity index (χ4n) is 3.04. The number of carbonyl (C=O) groups excluding carboxylic acids is 1. The number of likely N-dealkylation sites (N-methyl/N-ethyl adjacent to an activating group) is 1. The van der Waals surface area contributed by atoms with E-state index in [9.17, 15) is 4.79 Å². The maximum Gasteiger partial charge on any atom is 0.236 e. The second-order valence-corrected chi connectivity index (χ2v) is 6.23. The minimum absolute atomic E-state index is 0.290. The van der Waals surface area contributed by atoms with Gasteiger partial charge in [-0.2, -0.15) is 0 Å². The van der Waals surface area contributed by atoms with Gasteiger partial charge in [0, 0.05) is 18.6 Å². The van der Waals surface area contributed by atoms with Gasteiger partial charge in [0.2, 0.25) is 5.91 Å². The van der Waals surface area contributed by atoms with Gasteiger partial charge in [0.15, 0.2) is 0 Å². The van der Waals surface area contributed by atoms with E-state index in [1.807, 2.05) is 4.90 Å². The van der Waals surface area contributed by atoms with Crippen LogP contribution in [0.4, 0.5) is 0 Å². The third kappa shape index (κ3) is 3.01. The SMILES string of the molecule is CCN(C(=O)CNC1CCCC1(C)C)C1CC1. The zero-order chi connectivity index (χ0) is 12.5. The molecular formula is C14H26N2O. The number of hydrogen-bond donors (Lipinski definition) is 1. The van der Waals surface area contributed by atoms with Crippen LogP contribution in [0.15, 0.2) is 0 Å². The lowest BCUT2D eigenvalue weighted by Crippen LogP contribution is -2.45. The van der Waals surface area contributed by atoms with E-state index in [1.54, 1.807) is 0 Å². The average Bonchev–Trinajstić information content (AvgIpc) is 3.02. The van der Waals surface area contributed by atoms with Crippen molar-refractivity contribution in [3.05, 3.63) is 0 Å². The summed E-state index contributed by atoms with van der Waals surface area (Å²) >= 11 is 0. The second kappa shape index (κ2) is 4.97. The van der Waals surface area contributed by atoms with Crippen molar-refractivity contribution in [2.24, 2.45) is 5.41 Å². The van der Waals surface area contributed by atoms with E-state index in [-0.39, 0.29) is 5.91 Å². The standard InChI is InChI=1S/C14H26N2O/c1-4-16(11-7-8-11)13(17)10-15-12-6-5-9-14(12,2)3/h11-12,15H,4-10H2,1-3H3. The third-order valence-electron chi connectivity index (χ3n) is 4.41. The van der Waals surface area contributed by atoms with Gasteiger partial charge in [0.25, 0.3) is 0 Å². The highest BCUT2D eigenvalue weighted by Crippen LogP contribution is 2.37. The summed E-state index contributed by atoms with van der Waals surface area (Å²) in [5, 5.41) is 3.48. The van der Waals surface area contributed by atoms with Crippen LogP contribution in [0, 0.1) is 5.41 Å². The van der Waals surface area contributed by atoms with Gasteiger partial charge < -0.3 is 10.2 Å². The molecule has 2 aliphatic carbocycles. The van der Waals surface area contributed by atoms with E-state index in [0.717, 1.165) is 6.54 Å². The molecule has 0 aromatic heterocycles. The molecule has 2 aliphatic rings. The molecule has 0 spiro atoms. The van der Waals surface area contributed by atoms with E-state index >= 15 is 0 Å². The minimum Gasteiger partial charge on any atom is -0.339 e. The molecule has 1 amide bonds. The summed E-state index contributed by atoms with van der Waals surface area (Å²) in [6.07, 6.45) is 6.19. The molecule has 98 valence electrons. The van der Waals surface area contributed by atoms with Crippen molar-refractivity contribution >= 4 is 5.91 Å². The first-order chi connectivity index (χ1) is 8.04. The van der Waals surface area contributed by atoms with E-state index in [1.165, 1.54) is 32.1 Å². The summed E-state index contributed by atoms with van der Waals surface area (Å²) in [5.41, 5.74) is 0.358. The monoisotopic (exact) mass is 238 g/mol. The topological polar surface area (TPSA) is 32.3 Å². The zero-order valence-electron chi connectivity index (χ0n) is 11.5. The molecule has 1 unspecified atom stereocenters. The molecule has 1 atom stereocenters. The molecule has 0 heterocycles. The largest absolute Gasteiger partial charge is 0.339 e. The molecule has 3 heteroatoms. The van der Waals surface area contributed by atoms with Gasteiger partial charge in [0.1, 0.15) is 0 Å². The molecular weight excluding hydrogens is 212 g/mol. The van der Waals surface area contributed by atoms with Crippen LogP contribution in [0.3, 0.4) is 0 Å². The highest BCUT2D eigenvalue weighted by Gasteiger charge is 2.35. The van der Waals surface area contributed by atoms with Crippen LogP contribution in [0.5, 0.6) is 0 Å². The van der Waals surface area contributed by atoms with Gasteiger partial charge in [-0.3, -0.25) is 4.79 Å². The molecule has 2 saturated carbocycles. The number of nitrogens with one attached hydrogen (secondary N) is 1. The Morgan fingerprint density at radius 3 is 2.53 bits per heavy atom. The molecule has 0 radical (unpaired) electrons. The predicted octanol–water partition coefficient (Wildman–Crippen LogP) is 2.17. The van der Waals surface area contributed by atoms with Gasteiger partial charge in [0.05, 0.1) is 6.54 Å². The molecule has 2 fully saturated rings. The quantitative estimate of drug-likeness (QED) is 0.796. The molecule has 17 heavy (non-hydrogen) atoms. The van der Waals surface area contributed by atoms with Crippen LogP contribution >= 0.6 is 0 Å². The van der Waals surface area contributed by atoms with Crippen LogP contribution < -0.4 is 5.32 Å². The zero-order valence-corrected chi connectivity index (χ0v) is 11.5. The normalized spacial score (nSPS) is 27.1. The summed E-state index contributed by atoms with van der Waals surface area (Å²) in [7, 11) is 0. The Kier molecular flexibility index (Phi) is 3.76. The number of rotatable bonds is 5. The fraction of sp³-hybridized carbons (Fsp3) is 0.929. The molecule has 2 rings (SSSR count). The van der Waals surface area contributed by atoms with Crippen LogP contribution in [-0.2, 0) is 4.79 Å². The molecule has 1 N–H and O–H groups in total. The van der Waals surface area contributed by atoms with E-state index in [0.29, 0.717) is 24.0 Å². The fourth-order valence-corrected chi connectivity index (χ4v) is 3.04. The molecule has 0 aliphatic heterocycles. The van der Waals surface area contributed by atoms with Crippen molar-refractivity contribution in [3.8, 4) is 0 Å². The highest BCUT2D eigenvalue weighted by atomic mass is 16.2. The molecule has 0 aromatic rings. The number of amides is 1. The summed E-state index contributed by atoms with van der Waals surface area (Å²) in [6, 6.07) is 1.07. The molecule has 0 bridgehead atoms. The van der Waals surface area contributed by atoms with Crippen molar-refractivity contribution < 1.29 is 4.79 Å². The van der Waals surface area contributed by atoms with Crippen molar-refractivity contribution in [2.75, 3.05) is 13.1 Å². The van der Waals surface area contributed by atoms with Crippen LogP contribution in [0.1, 0.15) is 52.9 Å². The van der Waals surface area contributed by atoms with Gasteiger partial charge in [-0.25, -0.2) is 0 Å². The van der Waals surface area contributed by atoms with Crippen molar-refractivity contribution in [2.45, 2.75) is 65.0 Å². The Morgan fingerprint density at radius 2 is 2.06 bits per heavy atom. The Morgan fingerprint density at radius 1 is 1.35 bits per heavy atom. The number of hydrogen-bond acceptors (Lipinski definition) is 2. The summed E-state index contributed by atoms with van der Waals surface area (Å²) < 4.78 is 0. The summed E-state index contributed by atoms with van der Waals surface area (Å²) in [4.78, 5) is 14.1. The first kappa shape index (κ1) is 12.9. The number of carbonyl (C=O) groups is 1. The highest BCUT2D eigenvalue weighted by molar-refractivity contribution is 5.78. The van der Waals surface area contributed by atoms with Gasteiger partial charge in [-0.1, -0.05) is 20.3 Å². The van der Waals surface area contributed by atoms with Gasteiger partial charge in [-0.15, -0.1) is 0 Å². The Bertz CT molecular complexity index is 284. The average molecular weight is 238 g/mol.